The van der Waals surface area contributed by atoms with Crippen LogP contribution in [0, 0.1) is 0 Å². The third-order valence-electron chi connectivity index (χ3n) is 4.86. The number of hydrogen-bond donors (Lipinski definition) is 1. The highest BCUT2D eigenvalue weighted by atomic mass is 16.5. The van der Waals surface area contributed by atoms with Crippen LogP contribution in [0.4, 0.5) is 0 Å². The summed E-state index contributed by atoms with van der Waals surface area (Å²) in [4.78, 5) is 30.8. The summed E-state index contributed by atoms with van der Waals surface area (Å²) in [5, 5.41) is 2.65. The van der Waals surface area contributed by atoms with Crippen LogP contribution in [0.2, 0.25) is 0 Å². The number of benzene rings is 1. The van der Waals surface area contributed by atoms with E-state index in [4.69, 9.17) is 9.47 Å². The summed E-state index contributed by atoms with van der Waals surface area (Å²) in [6, 6.07) is 10.7. The summed E-state index contributed by atoms with van der Waals surface area (Å²) in [7, 11) is 3.20. The van der Waals surface area contributed by atoms with E-state index in [0.29, 0.717) is 31.6 Å². The van der Waals surface area contributed by atoms with Gasteiger partial charge in [-0.05, 0) is 36.2 Å². The number of nitrogens with one attached hydrogen (secondary N) is 1. The van der Waals surface area contributed by atoms with Crippen LogP contribution in [0.15, 0.2) is 48.8 Å². The first kappa shape index (κ1) is 19.7. The Morgan fingerprint density at radius 1 is 1.21 bits per heavy atom. The maximum atomic E-state index is 12.8. The topological polar surface area (TPSA) is 80.8 Å². The van der Waals surface area contributed by atoms with E-state index in [2.05, 4.69) is 10.3 Å². The van der Waals surface area contributed by atoms with Crippen molar-refractivity contribution in [1.29, 1.82) is 0 Å². The fourth-order valence-electron chi connectivity index (χ4n) is 3.37. The zero-order valence-corrected chi connectivity index (χ0v) is 16.1. The van der Waals surface area contributed by atoms with Gasteiger partial charge in [0.2, 0.25) is 11.8 Å². The van der Waals surface area contributed by atoms with Gasteiger partial charge in [0.1, 0.15) is 23.6 Å². The first-order valence-corrected chi connectivity index (χ1v) is 9.31. The van der Waals surface area contributed by atoms with Gasteiger partial charge in [-0.25, -0.2) is 0 Å². The SMILES string of the molecule is CNC(=O)[C@@H]1C[C@H](Oc2cccnc2)CN1C(=O)CCc1ccc(OC)cc1. The summed E-state index contributed by atoms with van der Waals surface area (Å²) < 4.78 is 11.1. The summed E-state index contributed by atoms with van der Waals surface area (Å²) in [6.45, 7) is 0.383. The second-order valence-corrected chi connectivity index (χ2v) is 6.69. The van der Waals surface area contributed by atoms with Crippen molar-refractivity contribution in [3.8, 4) is 11.5 Å². The number of aryl methyl sites for hydroxylation is 1. The monoisotopic (exact) mass is 383 g/mol. The predicted octanol–water partition coefficient (Wildman–Crippen LogP) is 1.82. The van der Waals surface area contributed by atoms with Gasteiger partial charge in [0, 0.05) is 26.1 Å². The van der Waals surface area contributed by atoms with Crippen molar-refractivity contribution in [3.63, 3.8) is 0 Å². The quantitative estimate of drug-likeness (QED) is 0.789. The van der Waals surface area contributed by atoms with Crippen LogP contribution in [0.5, 0.6) is 11.5 Å². The number of aromatic nitrogens is 1. The third-order valence-corrected chi connectivity index (χ3v) is 4.86. The molecule has 2 heterocycles. The maximum Gasteiger partial charge on any atom is 0.242 e. The molecular weight excluding hydrogens is 358 g/mol. The highest BCUT2D eigenvalue weighted by molar-refractivity contribution is 5.88. The average molecular weight is 383 g/mol. The van der Waals surface area contributed by atoms with Gasteiger partial charge in [0.05, 0.1) is 19.9 Å². The molecule has 28 heavy (non-hydrogen) atoms. The van der Waals surface area contributed by atoms with Gasteiger partial charge in [-0.1, -0.05) is 12.1 Å². The molecule has 1 aliphatic heterocycles. The largest absolute Gasteiger partial charge is 0.497 e. The number of likely N-dealkylation sites (tertiary alicyclic amines) is 1. The van der Waals surface area contributed by atoms with E-state index in [1.165, 1.54) is 0 Å². The van der Waals surface area contributed by atoms with Crippen LogP contribution < -0.4 is 14.8 Å². The van der Waals surface area contributed by atoms with E-state index in [1.54, 1.807) is 37.5 Å². The van der Waals surface area contributed by atoms with Crippen LogP contribution in [0.1, 0.15) is 18.4 Å². The lowest BCUT2D eigenvalue weighted by atomic mass is 10.1. The van der Waals surface area contributed by atoms with Crippen molar-refractivity contribution < 1.29 is 19.1 Å². The second-order valence-electron chi connectivity index (χ2n) is 6.69. The molecule has 0 unspecified atom stereocenters. The smallest absolute Gasteiger partial charge is 0.242 e. The minimum Gasteiger partial charge on any atom is -0.497 e. The minimum absolute atomic E-state index is 0.0540. The van der Waals surface area contributed by atoms with Gasteiger partial charge < -0.3 is 19.7 Å². The minimum atomic E-state index is -0.518. The molecule has 0 saturated carbocycles. The van der Waals surface area contributed by atoms with Crippen molar-refractivity contribution in [2.75, 3.05) is 20.7 Å². The van der Waals surface area contributed by atoms with Crippen LogP contribution in [-0.4, -0.2) is 54.5 Å². The predicted molar refractivity (Wildman–Crippen MR) is 104 cm³/mol. The number of nitrogens with zero attached hydrogens (tertiary/aromatic N) is 2. The van der Waals surface area contributed by atoms with Gasteiger partial charge in [-0.2, -0.15) is 0 Å². The van der Waals surface area contributed by atoms with Crippen LogP contribution in [0.25, 0.3) is 0 Å². The van der Waals surface area contributed by atoms with E-state index in [9.17, 15) is 9.59 Å². The second kappa shape index (κ2) is 9.21. The molecule has 0 aliphatic carbocycles. The van der Waals surface area contributed by atoms with Crippen molar-refractivity contribution in [1.82, 2.24) is 15.2 Å². The average Bonchev–Trinajstić information content (AvgIpc) is 3.16. The van der Waals surface area contributed by atoms with E-state index in [-0.39, 0.29) is 17.9 Å². The fraction of sp³-hybridized carbons (Fsp3) is 0.381. The molecule has 1 fully saturated rings. The lowest BCUT2D eigenvalue weighted by Crippen LogP contribution is -2.45. The Morgan fingerprint density at radius 3 is 2.64 bits per heavy atom. The molecule has 2 amide bonds. The molecule has 1 aliphatic rings. The first-order chi connectivity index (χ1) is 13.6. The molecule has 1 saturated heterocycles. The Kier molecular flexibility index (Phi) is 6.47. The molecular formula is C21H25N3O4. The van der Waals surface area contributed by atoms with E-state index < -0.39 is 6.04 Å². The molecule has 7 nitrogen and oxygen atoms in total. The van der Waals surface area contributed by atoms with Gasteiger partial charge in [0.25, 0.3) is 0 Å². The number of likely N-dealkylation sites (N-methyl/N-ethyl adjacent to an activating group) is 1. The standard InChI is InChI=1S/C21H25N3O4/c1-22-21(26)19-12-18(28-17-4-3-11-23-13-17)14-24(19)20(25)10-7-15-5-8-16(27-2)9-6-15/h3-6,8-9,11,13,18-19H,7,10,12,14H2,1-2H3,(H,22,26)/t18-,19-/m0/s1. The molecule has 1 aromatic carbocycles. The number of amides is 2. The molecule has 1 aromatic heterocycles. The van der Waals surface area contributed by atoms with Crippen LogP contribution in [0.3, 0.4) is 0 Å². The fourth-order valence-corrected chi connectivity index (χ4v) is 3.37. The normalized spacial score (nSPS) is 18.6. The van der Waals surface area contributed by atoms with Gasteiger partial charge in [-0.15, -0.1) is 0 Å². The number of rotatable bonds is 7. The lowest BCUT2D eigenvalue weighted by Gasteiger charge is -2.23. The van der Waals surface area contributed by atoms with Crippen molar-refractivity contribution in [2.45, 2.75) is 31.4 Å². The van der Waals surface area contributed by atoms with E-state index in [0.717, 1.165) is 11.3 Å². The van der Waals surface area contributed by atoms with Gasteiger partial charge in [-0.3, -0.25) is 14.6 Å². The zero-order chi connectivity index (χ0) is 19.9. The number of carbonyl (C=O) groups is 2. The molecule has 1 N–H and O–H groups in total. The number of carbonyl (C=O) groups excluding carboxylic acids is 2. The summed E-state index contributed by atoms with van der Waals surface area (Å²) in [6.07, 6.45) is 4.46. The Bertz CT molecular complexity index is 795. The molecule has 0 bridgehead atoms. The van der Waals surface area contributed by atoms with Crippen molar-refractivity contribution in [2.24, 2.45) is 0 Å². The summed E-state index contributed by atoms with van der Waals surface area (Å²) >= 11 is 0. The lowest BCUT2D eigenvalue weighted by molar-refractivity contribution is -0.138. The third kappa shape index (κ3) is 4.79. The first-order valence-electron chi connectivity index (χ1n) is 9.31. The molecule has 2 atom stereocenters. The molecule has 3 rings (SSSR count). The highest BCUT2D eigenvalue weighted by Crippen LogP contribution is 2.24. The summed E-state index contributed by atoms with van der Waals surface area (Å²) in [5.74, 6) is 1.19. The van der Waals surface area contributed by atoms with Gasteiger partial charge in [0.15, 0.2) is 0 Å². The van der Waals surface area contributed by atoms with Crippen molar-refractivity contribution >= 4 is 11.8 Å². The Balaban J connectivity index is 1.62. The molecule has 7 heteroatoms. The van der Waals surface area contributed by atoms with E-state index in [1.807, 2.05) is 30.3 Å². The number of pyridine rings is 1. The number of hydrogen-bond acceptors (Lipinski definition) is 5. The number of methoxy groups -OCH3 is 1. The Morgan fingerprint density at radius 2 is 2.00 bits per heavy atom. The Hall–Kier alpha value is -3.09. The van der Waals surface area contributed by atoms with Crippen LogP contribution in [-0.2, 0) is 16.0 Å². The summed E-state index contributed by atoms with van der Waals surface area (Å²) in [5.41, 5.74) is 1.05. The zero-order valence-electron chi connectivity index (χ0n) is 16.1. The van der Waals surface area contributed by atoms with Crippen molar-refractivity contribution in [3.05, 3.63) is 54.4 Å². The Labute approximate surface area is 164 Å². The maximum absolute atomic E-state index is 12.8. The molecule has 2 aromatic rings. The van der Waals surface area contributed by atoms with Gasteiger partial charge >= 0.3 is 0 Å². The molecule has 0 radical (unpaired) electrons. The molecule has 0 spiro atoms. The van der Waals surface area contributed by atoms with E-state index >= 15 is 0 Å². The highest BCUT2D eigenvalue weighted by Gasteiger charge is 2.40. The van der Waals surface area contributed by atoms with Crippen LogP contribution >= 0.6 is 0 Å². The molecule has 148 valence electrons. The number of ether oxygens (including phenoxy) is 2.